The Hall–Kier alpha value is -1.62. The number of carbonyl (C=O) groups is 1. The van der Waals surface area contributed by atoms with Crippen molar-refractivity contribution >= 4 is 22.0 Å². The Morgan fingerprint density at radius 1 is 1.42 bits per heavy atom. The lowest BCUT2D eigenvalue weighted by molar-refractivity contribution is 0.0514. The third kappa shape index (κ3) is 3.67. The summed E-state index contributed by atoms with van der Waals surface area (Å²) in [5.41, 5.74) is 0.254. The topological polar surface area (TPSA) is 44.1 Å². The van der Waals surface area contributed by atoms with Crippen LogP contribution in [0.15, 0.2) is 41.1 Å². The van der Waals surface area contributed by atoms with E-state index in [0.717, 1.165) is 9.15 Å². The van der Waals surface area contributed by atoms with Crippen LogP contribution in [0.5, 0.6) is 0 Å². The van der Waals surface area contributed by atoms with Crippen molar-refractivity contribution in [3.05, 3.63) is 41.1 Å². The van der Waals surface area contributed by atoms with E-state index in [-0.39, 0.29) is 12.3 Å². The Labute approximate surface area is 123 Å². The van der Waals surface area contributed by atoms with Gasteiger partial charge in [-0.05, 0) is 38.5 Å². The number of ether oxygens (including phenoxy) is 1. The first-order chi connectivity index (χ1) is 9.69. The molecule has 0 saturated carbocycles. The van der Waals surface area contributed by atoms with E-state index in [4.69, 9.17) is 7.48 Å². The van der Waals surface area contributed by atoms with Crippen LogP contribution >= 0.6 is 15.9 Å². The van der Waals surface area contributed by atoms with Crippen LogP contribution < -0.4 is 0 Å². The minimum Gasteiger partial charge on any atom is -0.442 e. The van der Waals surface area contributed by atoms with Gasteiger partial charge in [0, 0.05) is 16.2 Å². The summed E-state index contributed by atoms with van der Waals surface area (Å²) in [5.74, 6) is 0. The van der Waals surface area contributed by atoms with E-state index in [9.17, 15) is 4.79 Å². The highest BCUT2D eigenvalue weighted by Gasteiger charge is 2.18. The highest BCUT2D eigenvalue weighted by molar-refractivity contribution is 9.10. The van der Waals surface area contributed by atoms with Gasteiger partial charge in [0.15, 0.2) is 0 Å². The van der Waals surface area contributed by atoms with Gasteiger partial charge in [0.05, 0.1) is 8.91 Å². The summed E-state index contributed by atoms with van der Waals surface area (Å²) in [6.07, 6.45) is -1.06. The van der Waals surface area contributed by atoms with Crippen molar-refractivity contribution in [2.24, 2.45) is 0 Å². The Morgan fingerprint density at radius 2 is 2.16 bits per heavy atom. The highest BCUT2D eigenvalue weighted by Crippen LogP contribution is 2.22. The maximum atomic E-state index is 12.0. The predicted molar refractivity (Wildman–Crippen MR) is 77.0 cm³/mol. The van der Waals surface area contributed by atoms with Crippen LogP contribution in [0.3, 0.4) is 0 Å². The fourth-order valence-corrected chi connectivity index (χ4v) is 1.82. The first-order valence-electron chi connectivity index (χ1n) is 6.74. The molecule has 0 bridgehead atoms. The molecule has 0 spiro atoms. The van der Waals surface area contributed by atoms with Gasteiger partial charge in [0.2, 0.25) is 0 Å². The minimum atomic E-state index is -0.762. The second kappa shape index (κ2) is 5.17. The molecule has 1 heterocycles. The molecule has 100 valence electrons. The Bertz CT molecular complexity index is 693. The molecule has 0 aliphatic carbocycles. The number of carbonyl (C=O) groups excluding carboxylic acids is 1. The summed E-state index contributed by atoms with van der Waals surface area (Å²) in [7, 11) is 0. The molecule has 0 unspecified atom stereocenters. The molecular weight excluding hydrogens is 308 g/mol. The Balaban J connectivity index is 2.45. The fourth-order valence-electron chi connectivity index (χ4n) is 1.42. The predicted octanol–water partition coefficient (Wildman–Crippen LogP) is 4.10. The lowest BCUT2D eigenvalue weighted by Crippen LogP contribution is -2.27. The monoisotopic (exact) mass is 324 g/mol. The summed E-state index contributed by atoms with van der Waals surface area (Å²) >= 11 is 3.34. The number of rotatable bonds is 1. The molecular formula is C14H15BrN2O2. The molecule has 0 N–H and O–H groups in total. The van der Waals surface area contributed by atoms with E-state index in [0.29, 0.717) is 11.1 Å². The lowest BCUT2D eigenvalue weighted by atomic mass is 10.1. The number of nitrogens with zero attached hydrogens (tertiary/aromatic N) is 2. The lowest BCUT2D eigenvalue weighted by Gasteiger charge is -2.18. The number of aromatic nitrogens is 2. The van der Waals surface area contributed by atoms with Crippen LogP contribution in [0, 0.1) is 0 Å². The molecule has 2 aromatic rings. The Kier molecular flexibility index (Phi) is 3.05. The van der Waals surface area contributed by atoms with E-state index in [1.165, 1.54) is 0 Å². The van der Waals surface area contributed by atoms with Gasteiger partial charge < -0.3 is 4.74 Å². The van der Waals surface area contributed by atoms with Gasteiger partial charge in [-0.3, -0.25) is 0 Å². The number of halogens is 1. The van der Waals surface area contributed by atoms with Crippen LogP contribution in [0.1, 0.15) is 23.5 Å². The van der Waals surface area contributed by atoms with E-state index >= 15 is 0 Å². The molecule has 2 rings (SSSR count). The van der Waals surface area contributed by atoms with Gasteiger partial charge in [-0.2, -0.15) is 9.78 Å². The second-order valence-electron chi connectivity index (χ2n) is 5.00. The van der Waals surface area contributed by atoms with Gasteiger partial charge >= 0.3 is 6.09 Å². The highest BCUT2D eigenvalue weighted by atomic mass is 79.9. The third-order valence-corrected chi connectivity index (χ3v) is 2.65. The SMILES string of the molecule is [2H]c1nn(C(=O)OC(C)(C)C)c([2H])c1-c1cccc(Br)c1. The maximum Gasteiger partial charge on any atom is 0.435 e. The summed E-state index contributed by atoms with van der Waals surface area (Å²) in [6.45, 7) is 5.19. The van der Waals surface area contributed by atoms with Crippen molar-refractivity contribution < 1.29 is 12.3 Å². The zero-order valence-corrected chi connectivity index (χ0v) is 12.5. The molecule has 4 nitrogen and oxygen atoms in total. The standard InChI is InChI=1S/C14H15BrN2O2/c1-14(2,3)19-13(18)17-9-11(8-16-17)10-5-4-6-12(15)7-10/h4-9H,1-3H3/i8D,9D. The quantitative estimate of drug-likeness (QED) is 0.793. The van der Waals surface area contributed by atoms with Gasteiger partial charge in [0.25, 0.3) is 0 Å². The van der Waals surface area contributed by atoms with E-state index in [2.05, 4.69) is 21.0 Å². The van der Waals surface area contributed by atoms with Crippen molar-refractivity contribution in [3.63, 3.8) is 0 Å². The van der Waals surface area contributed by atoms with Crippen LogP contribution in [0.2, 0.25) is 0 Å². The van der Waals surface area contributed by atoms with Crippen molar-refractivity contribution in [3.8, 4) is 11.1 Å². The molecule has 19 heavy (non-hydrogen) atoms. The number of benzene rings is 1. The van der Waals surface area contributed by atoms with Crippen molar-refractivity contribution in [2.45, 2.75) is 26.4 Å². The Morgan fingerprint density at radius 3 is 2.79 bits per heavy atom. The second-order valence-corrected chi connectivity index (χ2v) is 5.92. The van der Waals surface area contributed by atoms with Crippen LogP contribution in [-0.4, -0.2) is 21.5 Å². The van der Waals surface area contributed by atoms with E-state index in [1.807, 2.05) is 6.07 Å². The largest absolute Gasteiger partial charge is 0.442 e. The molecule has 0 aliphatic heterocycles. The molecule has 0 saturated heterocycles. The average Bonchev–Trinajstić information content (AvgIpc) is 2.62. The summed E-state index contributed by atoms with van der Waals surface area (Å²) < 4.78 is 22.8. The van der Waals surface area contributed by atoms with Crippen molar-refractivity contribution in [1.29, 1.82) is 0 Å². The third-order valence-electron chi connectivity index (χ3n) is 2.16. The molecule has 0 amide bonds. The first kappa shape index (κ1) is 11.2. The van der Waals surface area contributed by atoms with Gasteiger partial charge in [0.1, 0.15) is 5.60 Å². The van der Waals surface area contributed by atoms with Gasteiger partial charge in [-0.25, -0.2) is 4.79 Å². The van der Waals surface area contributed by atoms with E-state index < -0.39 is 11.7 Å². The molecule has 0 radical (unpaired) electrons. The van der Waals surface area contributed by atoms with Crippen molar-refractivity contribution in [1.82, 2.24) is 9.78 Å². The molecule has 0 aliphatic rings. The number of hydrogen-bond donors (Lipinski definition) is 0. The maximum absolute atomic E-state index is 12.0. The summed E-state index contributed by atoms with van der Waals surface area (Å²) in [4.78, 5) is 12.0. The first-order valence-corrected chi connectivity index (χ1v) is 6.54. The smallest absolute Gasteiger partial charge is 0.435 e. The zero-order valence-electron chi connectivity index (χ0n) is 12.9. The van der Waals surface area contributed by atoms with Crippen LogP contribution in [0.25, 0.3) is 11.1 Å². The van der Waals surface area contributed by atoms with Gasteiger partial charge in [-0.15, -0.1) is 0 Å². The molecule has 1 aromatic heterocycles. The summed E-state index contributed by atoms with van der Waals surface area (Å²) in [6, 6.07) is 7.17. The fraction of sp³-hybridized carbons (Fsp3) is 0.286. The van der Waals surface area contributed by atoms with Crippen LogP contribution in [0.4, 0.5) is 4.79 Å². The number of hydrogen-bond acceptors (Lipinski definition) is 3. The molecule has 0 fully saturated rings. The zero-order chi connectivity index (χ0) is 15.8. The normalized spacial score (nSPS) is 12.8. The molecule has 5 heteroatoms. The van der Waals surface area contributed by atoms with Crippen LogP contribution in [-0.2, 0) is 4.74 Å². The molecule has 0 atom stereocenters. The summed E-state index contributed by atoms with van der Waals surface area (Å²) in [5, 5.41) is 3.81. The van der Waals surface area contributed by atoms with E-state index in [1.54, 1.807) is 39.0 Å². The molecule has 1 aromatic carbocycles. The van der Waals surface area contributed by atoms with Crippen molar-refractivity contribution in [2.75, 3.05) is 0 Å². The average molecular weight is 325 g/mol. The van der Waals surface area contributed by atoms with Gasteiger partial charge in [-0.1, -0.05) is 28.1 Å². The minimum absolute atomic E-state index is 0.135.